The van der Waals surface area contributed by atoms with Gasteiger partial charge in [-0.25, -0.2) is 4.79 Å². The summed E-state index contributed by atoms with van der Waals surface area (Å²) in [5.41, 5.74) is 4.16. The van der Waals surface area contributed by atoms with Gasteiger partial charge in [-0.1, -0.05) is 33.3 Å². The maximum atomic E-state index is 12.6. The largest absolute Gasteiger partial charge is 0.480 e. The van der Waals surface area contributed by atoms with Gasteiger partial charge in [0.1, 0.15) is 6.04 Å². The molecular formula is C18H25NO3. The number of carboxylic acids is 1. The van der Waals surface area contributed by atoms with Gasteiger partial charge in [-0.2, -0.15) is 0 Å². The number of hydrogen-bond donors (Lipinski definition) is 2. The van der Waals surface area contributed by atoms with Crippen LogP contribution in [0.1, 0.15) is 60.7 Å². The number of benzene rings is 1. The number of amides is 1. The van der Waals surface area contributed by atoms with Crippen LogP contribution in [0.4, 0.5) is 0 Å². The average Bonchev–Trinajstić information content (AvgIpc) is 2.98. The molecular weight excluding hydrogens is 278 g/mol. The second kappa shape index (κ2) is 6.95. The molecule has 0 radical (unpaired) electrons. The number of fused-ring (bicyclic) bond motifs is 1. The highest BCUT2D eigenvalue weighted by Gasteiger charge is 2.28. The minimum absolute atomic E-state index is 0.0937. The van der Waals surface area contributed by atoms with Crippen LogP contribution in [0.25, 0.3) is 0 Å². The summed E-state index contributed by atoms with van der Waals surface area (Å²) in [4.78, 5) is 24.0. The van der Waals surface area contributed by atoms with Crippen molar-refractivity contribution < 1.29 is 14.7 Å². The molecule has 4 nitrogen and oxygen atoms in total. The molecule has 1 aromatic rings. The molecule has 2 N–H and O–H groups in total. The van der Waals surface area contributed by atoms with Crippen LogP contribution in [0, 0.1) is 5.92 Å². The number of aliphatic carboxylic acids is 1. The Bertz CT molecular complexity index is 580. The molecule has 0 heterocycles. The van der Waals surface area contributed by atoms with Crippen molar-refractivity contribution in [3.05, 3.63) is 34.4 Å². The van der Waals surface area contributed by atoms with Gasteiger partial charge in [-0.05, 0) is 54.4 Å². The average molecular weight is 303 g/mol. The van der Waals surface area contributed by atoms with Crippen LogP contribution in [0.2, 0.25) is 0 Å². The summed E-state index contributed by atoms with van der Waals surface area (Å²) in [5.74, 6) is -1.31. The molecule has 4 heteroatoms. The molecule has 0 saturated heterocycles. The van der Waals surface area contributed by atoms with E-state index >= 15 is 0 Å². The van der Waals surface area contributed by atoms with Crippen molar-refractivity contribution in [1.82, 2.24) is 5.32 Å². The first-order valence-electron chi connectivity index (χ1n) is 8.16. The summed E-state index contributed by atoms with van der Waals surface area (Å²) < 4.78 is 0. The van der Waals surface area contributed by atoms with E-state index in [2.05, 4.69) is 18.3 Å². The third kappa shape index (κ3) is 3.32. The fourth-order valence-corrected chi connectivity index (χ4v) is 3.08. The smallest absolute Gasteiger partial charge is 0.326 e. The van der Waals surface area contributed by atoms with Crippen molar-refractivity contribution in [1.29, 1.82) is 0 Å². The molecule has 0 bridgehead atoms. The number of aryl methyl sites for hydroxylation is 2. The fraction of sp³-hybridized carbons (Fsp3) is 0.556. The first kappa shape index (κ1) is 16.5. The SMILES string of the molecule is CCc1cc2c(c(C(=O)NC(C(=O)O)C(C)CC)c1)CCC2. The van der Waals surface area contributed by atoms with Gasteiger partial charge in [0, 0.05) is 5.56 Å². The van der Waals surface area contributed by atoms with Crippen LogP contribution in [-0.4, -0.2) is 23.0 Å². The zero-order valence-electron chi connectivity index (χ0n) is 13.6. The third-order valence-corrected chi connectivity index (χ3v) is 4.69. The van der Waals surface area contributed by atoms with E-state index in [4.69, 9.17) is 0 Å². The molecule has 1 aliphatic rings. The number of carbonyl (C=O) groups is 2. The highest BCUT2D eigenvalue weighted by molar-refractivity contribution is 5.98. The minimum Gasteiger partial charge on any atom is -0.480 e. The van der Waals surface area contributed by atoms with Crippen LogP contribution in [0.3, 0.4) is 0 Å². The molecule has 0 aromatic heterocycles. The van der Waals surface area contributed by atoms with E-state index in [9.17, 15) is 14.7 Å². The molecule has 22 heavy (non-hydrogen) atoms. The Morgan fingerprint density at radius 2 is 2.00 bits per heavy atom. The van der Waals surface area contributed by atoms with Gasteiger partial charge in [0.05, 0.1) is 0 Å². The Labute approximate surface area is 131 Å². The Balaban J connectivity index is 2.29. The Morgan fingerprint density at radius 3 is 2.59 bits per heavy atom. The van der Waals surface area contributed by atoms with E-state index in [0.29, 0.717) is 12.0 Å². The van der Waals surface area contributed by atoms with Crippen LogP contribution >= 0.6 is 0 Å². The summed E-state index contributed by atoms with van der Waals surface area (Å²) in [6.45, 7) is 5.85. The Kier molecular flexibility index (Phi) is 5.22. The van der Waals surface area contributed by atoms with Crippen LogP contribution in [0.5, 0.6) is 0 Å². The van der Waals surface area contributed by atoms with E-state index in [1.165, 1.54) is 5.56 Å². The molecule has 1 amide bonds. The standard InChI is InChI=1S/C18H25NO3/c1-4-11(3)16(18(21)22)19-17(20)15-10-12(5-2)9-13-7-6-8-14(13)15/h9-11,16H,4-8H2,1-3H3,(H,19,20)(H,21,22). The van der Waals surface area contributed by atoms with Gasteiger partial charge < -0.3 is 10.4 Å². The zero-order valence-corrected chi connectivity index (χ0v) is 13.6. The monoisotopic (exact) mass is 303 g/mol. The topological polar surface area (TPSA) is 66.4 Å². The summed E-state index contributed by atoms with van der Waals surface area (Å²) >= 11 is 0. The van der Waals surface area contributed by atoms with Crippen molar-refractivity contribution in [2.24, 2.45) is 5.92 Å². The lowest BCUT2D eigenvalue weighted by Gasteiger charge is -2.21. The molecule has 0 aliphatic heterocycles. The molecule has 0 spiro atoms. The van der Waals surface area contributed by atoms with E-state index in [0.717, 1.165) is 36.8 Å². The molecule has 2 atom stereocenters. The van der Waals surface area contributed by atoms with Gasteiger partial charge in [0.2, 0.25) is 0 Å². The van der Waals surface area contributed by atoms with Crippen molar-refractivity contribution >= 4 is 11.9 Å². The van der Waals surface area contributed by atoms with Crippen molar-refractivity contribution in [3.8, 4) is 0 Å². The first-order chi connectivity index (χ1) is 10.5. The molecule has 0 fully saturated rings. The molecule has 1 aromatic carbocycles. The van der Waals surface area contributed by atoms with Gasteiger partial charge >= 0.3 is 5.97 Å². The Hall–Kier alpha value is -1.84. The highest BCUT2D eigenvalue weighted by atomic mass is 16.4. The van der Waals surface area contributed by atoms with Gasteiger partial charge in [-0.3, -0.25) is 4.79 Å². The second-order valence-corrected chi connectivity index (χ2v) is 6.16. The van der Waals surface area contributed by atoms with Crippen molar-refractivity contribution in [2.75, 3.05) is 0 Å². The maximum absolute atomic E-state index is 12.6. The predicted octanol–water partition coefficient (Wildman–Crippen LogP) is 2.97. The number of hydrogen-bond acceptors (Lipinski definition) is 2. The highest BCUT2D eigenvalue weighted by Crippen LogP contribution is 2.27. The molecule has 2 rings (SSSR count). The predicted molar refractivity (Wildman–Crippen MR) is 86.2 cm³/mol. The fourth-order valence-electron chi connectivity index (χ4n) is 3.08. The third-order valence-electron chi connectivity index (χ3n) is 4.69. The van der Waals surface area contributed by atoms with Crippen molar-refractivity contribution in [2.45, 2.75) is 58.9 Å². The van der Waals surface area contributed by atoms with E-state index in [1.54, 1.807) is 0 Å². The van der Waals surface area contributed by atoms with Gasteiger partial charge in [0.15, 0.2) is 0 Å². The summed E-state index contributed by atoms with van der Waals surface area (Å²) in [6, 6.07) is 3.28. The number of rotatable bonds is 6. The van der Waals surface area contributed by atoms with Crippen LogP contribution in [0.15, 0.2) is 12.1 Å². The number of carbonyl (C=O) groups excluding carboxylic acids is 1. The van der Waals surface area contributed by atoms with Gasteiger partial charge in [-0.15, -0.1) is 0 Å². The molecule has 1 aliphatic carbocycles. The lowest BCUT2D eigenvalue weighted by molar-refractivity contribution is -0.140. The normalized spacial score (nSPS) is 16.0. The number of carboxylic acid groups (broad SMARTS) is 1. The van der Waals surface area contributed by atoms with Crippen LogP contribution in [-0.2, 0) is 24.1 Å². The summed E-state index contributed by atoms with van der Waals surface area (Å²) in [5, 5.41) is 12.1. The first-order valence-corrected chi connectivity index (χ1v) is 8.16. The molecule has 2 unspecified atom stereocenters. The van der Waals surface area contributed by atoms with E-state index < -0.39 is 12.0 Å². The number of nitrogens with one attached hydrogen (secondary N) is 1. The van der Waals surface area contributed by atoms with E-state index in [-0.39, 0.29) is 11.8 Å². The summed E-state index contributed by atoms with van der Waals surface area (Å²) in [7, 11) is 0. The lowest BCUT2D eigenvalue weighted by atomic mass is 9.95. The van der Waals surface area contributed by atoms with E-state index in [1.807, 2.05) is 19.9 Å². The summed E-state index contributed by atoms with van der Waals surface area (Å²) in [6.07, 6.45) is 4.57. The minimum atomic E-state index is -0.967. The molecule has 0 saturated carbocycles. The quantitative estimate of drug-likeness (QED) is 0.849. The van der Waals surface area contributed by atoms with Crippen LogP contribution < -0.4 is 5.32 Å². The second-order valence-electron chi connectivity index (χ2n) is 6.16. The Morgan fingerprint density at radius 1 is 1.27 bits per heavy atom. The lowest BCUT2D eigenvalue weighted by Crippen LogP contribution is -2.45. The van der Waals surface area contributed by atoms with Gasteiger partial charge in [0.25, 0.3) is 5.91 Å². The maximum Gasteiger partial charge on any atom is 0.326 e. The molecule has 120 valence electrons. The van der Waals surface area contributed by atoms with Crippen molar-refractivity contribution in [3.63, 3.8) is 0 Å². The zero-order chi connectivity index (χ0) is 16.3.